The number of halogens is 1. The average molecular weight is 463 g/mol. The maximum absolute atomic E-state index is 12.3. The molecule has 170 valence electrons. The number of carbonyl (C=O) groups is 1. The second-order valence-electron chi connectivity index (χ2n) is 7.96. The summed E-state index contributed by atoms with van der Waals surface area (Å²) in [4.78, 5) is 16.8. The average Bonchev–Trinajstić information content (AvgIpc) is 2.83. The zero-order valence-corrected chi connectivity index (χ0v) is 19.1. The van der Waals surface area contributed by atoms with Gasteiger partial charge in [0, 0.05) is 37.7 Å². The zero-order chi connectivity index (χ0) is 22.9. The second kappa shape index (κ2) is 11.6. The number of hydrogen-bond acceptors (Lipinski definition) is 5. The number of hydrogen-bond donors (Lipinski definition) is 1. The number of hydrazone groups is 1. The largest absolute Gasteiger partial charge is 0.457 e. The Morgan fingerprint density at radius 2 is 1.61 bits per heavy atom. The lowest BCUT2D eigenvalue weighted by atomic mass is 10.2. The van der Waals surface area contributed by atoms with Crippen LogP contribution in [0.3, 0.4) is 0 Å². The Bertz CT molecular complexity index is 1070. The van der Waals surface area contributed by atoms with E-state index in [4.69, 9.17) is 16.3 Å². The number of benzene rings is 3. The van der Waals surface area contributed by atoms with Gasteiger partial charge < -0.3 is 4.74 Å². The number of ether oxygens (including phenoxy) is 1. The normalized spacial score (nSPS) is 14.9. The van der Waals surface area contributed by atoms with Crippen molar-refractivity contribution >= 4 is 23.7 Å². The van der Waals surface area contributed by atoms with E-state index in [2.05, 4.69) is 32.5 Å². The van der Waals surface area contributed by atoms with Crippen molar-refractivity contribution in [1.82, 2.24) is 15.2 Å². The summed E-state index contributed by atoms with van der Waals surface area (Å²) in [5, 5.41) is 4.86. The van der Waals surface area contributed by atoms with Crippen LogP contribution in [0.2, 0.25) is 5.02 Å². The molecule has 0 radical (unpaired) electrons. The van der Waals surface area contributed by atoms with E-state index in [0.717, 1.165) is 49.1 Å². The van der Waals surface area contributed by atoms with E-state index in [1.54, 1.807) is 6.21 Å². The lowest BCUT2D eigenvalue weighted by Crippen LogP contribution is -2.48. The van der Waals surface area contributed by atoms with Crippen LogP contribution < -0.4 is 10.2 Å². The van der Waals surface area contributed by atoms with Gasteiger partial charge in [-0.2, -0.15) is 5.10 Å². The first kappa shape index (κ1) is 23.0. The molecular formula is C26H27ClN4O2. The molecule has 0 atom stereocenters. The lowest BCUT2D eigenvalue weighted by molar-refractivity contribution is -0.122. The van der Waals surface area contributed by atoms with E-state index in [9.17, 15) is 4.79 Å². The van der Waals surface area contributed by atoms with E-state index in [1.807, 2.05) is 66.7 Å². The molecule has 1 heterocycles. The fourth-order valence-corrected chi connectivity index (χ4v) is 3.78. The van der Waals surface area contributed by atoms with Crippen molar-refractivity contribution in [3.05, 3.63) is 95.0 Å². The van der Waals surface area contributed by atoms with Crippen LogP contribution in [0.25, 0.3) is 0 Å². The van der Waals surface area contributed by atoms with Gasteiger partial charge in [0.25, 0.3) is 5.91 Å². The van der Waals surface area contributed by atoms with Crippen LogP contribution in [0.15, 0.2) is 84.0 Å². The van der Waals surface area contributed by atoms with Crippen LogP contribution in [-0.2, 0) is 11.3 Å². The third kappa shape index (κ3) is 7.43. The number of nitrogens with one attached hydrogen (secondary N) is 1. The fourth-order valence-electron chi connectivity index (χ4n) is 3.65. The molecule has 3 aromatic carbocycles. The van der Waals surface area contributed by atoms with Crippen molar-refractivity contribution in [3.8, 4) is 11.5 Å². The number of carbonyl (C=O) groups excluding carboxylic acids is 1. The first-order valence-corrected chi connectivity index (χ1v) is 11.4. The first-order chi connectivity index (χ1) is 16.1. The molecule has 1 fully saturated rings. The highest BCUT2D eigenvalue weighted by atomic mass is 35.5. The molecule has 6 nitrogen and oxygen atoms in total. The summed E-state index contributed by atoms with van der Waals surface area (Å²) in [6, 6.07) is 25.1. The highest BCUT2D eigenvalue weighted by Crippen LogP contribution is 2.21. The molecule has 7 heteroatoms. The molecule has 3 aromatic rings. The fraction of sp³-hybridized carbons (Fsp3) is 0.231. The monoisotopic (exact) mass is 462 g/mol. The number of rotatable bonds is 8. The number of nitrogens with zero attached hydrogens (tertiary/aromatic N) is 3. The van der Waals surface area contributed by atoms with E-state index >= 15 is 0 Å². The Morgan fingerprint density at radius 3 is 2.36 bits per heavy atom. The molecule has 0 unspecified atom stereocenters. The van der Waals surface area contributed by atoms with Crippen LogP contribution in [0.5, 0.6) is 11.5 Å². The van der Waals surface area contributed by atoms with Gasteiger partial charge in [-0.05, 0) is 47.5 Å². The van der Waals surface area contributed by atoms with Crippen molar-refractivity contribution in [3.63, 3.8) is 0 Å². The van der Waals surface area contributed by atoms with E-state index in [1.165, 1.54) is 5.56 Å². The van der Waals surface area contributed by atoms with Crippen LogP contribution in [0.4, 0.5) is 0 Å². The summed E-state index contributed by atoms with van der Waals surface area (Å²) in [5.41, 5.74) is 4.72. The predicted molar refractivity (Wildman–Crippen MR) is 132 cm³/mol. The molecule has 1 aliphatic heterocycles. The maximum Gasteiger partial charge on any atom is 0.254 e. The molecule has 0 saturated carbocycles. The minimum atomic E-state index is -0.117. The van der Waals surface area contributed by atoms with Gasteiger partial charge in [0.2, 0.25) is 0 Å². The molecule has 0 spiro atoms. The van der Waals surface area contributed by atoms with Gasteiger partial charge in [-0.25, -0.2) is 5.43 Å². The Labute approximate surface area is 199 Å². The molecule has 4 rings (SSSR count). The maximum atomic E-state index is 12.3. The summed E-state index contributed by atoms with van der Waals surface area (Å²) in [7, 11) is 0. The minimum absolute atomic E-state index is 0.117. The topological polar surface area (TPSA) is 57.2 Å². The van der Waals surface area contributed by atoms with Crippen molar-refractivity contribution in [1.29, 1.82) is 0 Å². The van der Waals surface area contributed by atoms with Crippen molar-refractivity contribution in [2.75, 3.05) is 32.7 Å². The van der Waals surface area contributed by atoms with Crippen LogP contribution in [0, 0.1) is 0 Å². The number of piperazine rings is 1. The standard InChI is InChI=1S/C26H27ClN4O2/c27-23-11-9-21(10-12-23)19-30-13-15-31(16-14-30)20-26(32)29-28-18-22-5-4-8-25(17-22)33-24-6-2-1-3-7-24/h1-12,17-18H,13-16,19-20H2,(H,29,32)/b28-18+. The van der Waals surface area contributed by atoms with Crippen molar-refractivity contribution in [2.24, 2.45) is 5.10 Å². The van der Waals surface area contributed by atoms with Gasteiger partial charge >= 0.3 is 0 Å². The molecule has 0 aliphatic carbocycles. The smallest absolute Gasteiger partial charge is 0.254 e. The molecule has 1 aliphatic rings. The van der Waals surface area contributed by atoms with Crippen LogP contribution >= 0.6 is 11.6 Å². The van der Waals surface area contributed by atoms with Crippen molar-refractivity contribution < 1.29 is 9.53 Å². The summed E-state index contributed by atoms with van der Waals surface area (Å²) < 4.78 is 5.83. The third-order valence-electron chi connectivity index (χ3n) is 5.39. The minimum Gasteiger partial charge on any atom is -0.457 e. The molecule has 0 bridgehead atoms. The summed E-state index contributed by atoms with van der Waals surface area (Å²) in [6.07, 6.45) is 1.62. The SMILES string of the molecule is O=C(CN1CCN(Cc2ccc(Cl)cc2)CC1)N/N=C/c1cccc(Oc2ccccc2)c1. The highest BCUT2D eigenvalue weighted by molar-refractivity contribution is 6.30. The molecule has 0 aromatic heterocycles. The predicted octanol–water partition coefficient (Wildman–Crippen LogP) is 4.40. The third-order valence-corrected chi connectivity index (χ3v) is 5.64. The first-order valence-electron chi connectivity index (χ1n) is 11.0. The van der Waals surface area contributed by atoms with Gasteiger partial charge in [0.15, 0.2) is 0 Å². The van der Waals surface area contributed by atoms with Crippen LogP contribution in [-0.4, -0.2) is 54.6 Å². The van der Waals surface area contributed by atoms with Gasteiger partial charge in [-0.3, -0.25) is 14.6 Å². The Morgan fingerprint density at radius 1 is 0.909 bits per heavy atom. The van der Waals surface area contributed by atoms with Gasteiger partial charge in [-0.1, -0.05) is 54.1 Å². The zero-order valence-electron chi connectivity index (χ0n) is 18.4. The van der Waals surface area contributed by atoms with Gasteiger partial charge in [0.1, 0.15) is 11.5 Å². The molecular weight excluding hydrogens is 436 g/mol. The van der Waals surface area contributed by atoms with Gasteiger partial charge in [-0.15, -0.1) is 0 Å². The molecule has 33 heavy (non-hydrogen) atoms. The second-order valence-corrected chi connectivity index (χ2v) is 8.40. The highest BCUT2D eigenvalue weighted by Gasteiger charge is 2.18. The molecule has 1 amide bonds. The van der Waals surface area contributed by atoms with E-state index in [0.29, 0.717) is 12.3 Å². The Hall–Kier alpha value is -3.19. The van der Waals surface area contributed by atoms with Crippen LogP contribution in [0.1, 0.15) is 11.1 Å². The van der Waals surface area contributed by atoms with Gasteiger partial charge in [0.05, 0.1) is 12.8 Å². The quantitative estimate of drug-likeness (QED) is 0.398. The number of amides is 1. The summed E-state index contributed by atoms with van der Waals surface area (Å²) in [5.74, 6) is 1.37. The molecule has 1 saturated heterocycles. The van der Waals surface area contributed by atoms with E-state index in [-0.39, 0.29) is 5.91 Å². The summed E-state index contributed by atoms with van der Waals surface area (Å²) in [6.45, 7) is 4.78. The Kier molecular flexibility index (Phi) is 8.09. The van der Waals surface area contributed by atoms with Crippen molar-refractivity contribution in [2.45, 2.75) is 6.54 Å². The van der Waals surface area contributed by atoms with E-state index < -0.39 is 0 Å². The Balaban J connectivity index is 1.19. The lowest BCUT2D eigenvalue weighted by Gasteiger charge is -2.34. The number of para-hydroxylation sites is 1. The summed E-state index contributed by atoms with van der Waals surface area (Å²) >= 11 is 5.96. The molecule has 1 N–H and O–H groups in total.